The molecule has 0 aliphatic heterocycles. The molecule has 2 N–H and O–H groups in total. The zero-order valence-electron chi connectivity index (χ0n) is 12.3. The van der Waals surface area contributed by atoms with Crippen LogP contribution in [0.15, 0.2) is 17.4 Å². The highest BCUT2D eigenvalue weighted by Crippen LogP contribution is 1.99. The molecular formula is C13H26IN5. The van der Waals surface area contributed by atoms with E-state index in [9.17, 15) is 0 Å². The van der Waals surface area contributed by atoms with Crippen LogP contribution in [-0.4, -0.2) is 35.9 Å². The van der Waals surface area contributed by atoms with Crippen molar-refractivity contribution in [2.75, 3.05) is 20.1 Å². The van der Waals surface area contributed by atoms with Crippen molar-refractivity contribution in [2.24, 2.45) is 18.0 Å². The van der Waals surface area contributed by atoms with Crippen LogP contribution in [0.1, 0.15) is 25.8 Å². The number of aryl methyl sites for hydroxylation is 2. The quantitative estimate of drug-likeness (QED) is 0.343. The molecule has 0 unspecified atom stereocenters. The average Bonchev–Trinajstić information content (AvgIpc) is 2.74. The lowest BCUT2D eigenvalue weighted by Crippen LogP contribution is -2.39. The number of nitrogens with zero attached hydrogens (tertiary/aromatic N) is 3. The van der Waals surface area contributed by atoms with Gasteiger partial charge in [-0.05, 0) is 24.3 Å². The number of hydrogen-bond acceptors (Lipinski definition) is 2. The lowest BCUT2D eigenvalue weighted by molar-refractivity contribution is 0.612. The van der Waals surface area contributed by atoms with Crippen LogP contribution in [0.4, 0.5) is 0 Å². The van der Waals surface area contributed by atoms with Crippen LogP contribution in [0.2, 0.25) is 0 Å². The Bertz CT molecular complexity index is 373. The molecule has 0 saturated heterocycles. The number of aliphatic imine (C=N–C) groups is 1. The molecule has 110 valence electrons. The van der Waals surface area contributed by atoms with Crippen LogP contribution >= 0.6 is 24.0 Å². The van der Waals surface area contributed by atoms with Gasteiger partial charge < -0.3 is 10.6 Å². The Morgan fingerprint density at radius 3 is 2.68 bits per heavy atom. The first-order valence-corrected chi connectivity index (χ1v) is 6.54. The first-order valence-electron chi connectivity index (χ1n) is 6.54. The summed E-state index contributed by atoms with van der Waals surface area (Å²) in [7, 11) is 3.75. The molecule has 0 aliphatic rings. The van der Waals surface area contributed by atoms with Crippen molar-refractivity contribution in [2.45, 2.75) is 26.7 Å². The summed E-state index contributed by atoms with van der Waals surface area (Å²) in [6.07, 6.45) is 6.10. The molecule has 0 atom stereocenters. The third kappa shape index (κ3) is 8.07. The Balaban J connectivity index is 0.00000324. The van der Waals surface area contributed by atoms with Crippen molar-refractivity contribution in [1.82, 2.24) is 20.4 Å². The molecule has 0 radical (unpaired) electrons. The van der Waals surface area contributed by atoms with E-state index < -0.39 is 0 Å². The highest BCUT2D eigenvalue weighted by Gasteiger charge is 1.99. The molecule has 1 aromatic heterocycles. The molecule has 0 spiro atoms. The van der Waals surface area contributed by atoms with Gasteiger partial charge in [-0.25, -0.2) is 0 Å². The molecule has 0 amide bonds. The third-order valence-electron chi connectivity index (χ3n) is 2.59. The van der Waals surface area contributed by atoms with Crippen LogP contribution in [-0.2, 0) is 13.5 Å². The van der Waals surface area contributed by atoms with Gasteiger partial charge in [0.1, 0.15) is 0 Å². The average molecular weight is 379 g/mol. The Morgan fingerprint density at radius 1 is 1.42 bits per heavy atom. The molecule has 0 aliphatic carbocycles. The first kappa shape index (κ1) is 18.2. The summed E-state index contributed by atoms with van der Waals surface area (Å²) in [5.41, 5.74) is 1.28. The third-order valence-corrected chi connectivity index (χ3v) is 2.59. The van der Waals surface area contributed by atoms with E-state index in [4.69, 9.17) is 0 Å². The number of halogens is 1. The number of hydrogen-bond donors (Lipinski definition) is 2. The molecule has 5 nitrogen and oxygen atoms in total. The van der Waals surface area contributed by atoms with E-state index in [1.165, 1.54) is 5.56 Å². The van der Waals surface area contributed by atoms with Crippen LogP contribution < -0.4 is 10.6 Å². The maximum atomic E-state index is 4.19. The monoisotopic (exact) mass is 379 g/mol. The molecule has 1 heterocycles. The molecule has 0 aromatic carbocycles. The highest BCUT2D eigenvalue weighted by molar-refractivity contribution is 14.0. The van der Waals surface area contributed by atoms with E-state index in [0.29, 0.717) is 5.92 Å². The molecule has 1 aromatic rings. The van der Waals surface area contributed by atoms with E-state index in [1.807, 2.05) is 17.9 Å². The van der Waals surface area contributed by atoms with Gasteiger partial charge in [-0.15, -0.1) is 24.0 Å². The second kappa shape index (κ2) is 10.1. The van der Waals surface area contributed by atoms with Gasteiger partial charge in [0.15, 0.2) is 5.96 Å². The van der Waals surface area contributed by atoms with Crippen molar-refractivity contribution in [1.29, 1.82) is 0 Å². The lowest BCUT2D eigenvalue weighted by Gasteiger charge is -2.13. The molecule has 0 fully saturated rings. The minimum absolute atomic E-state index is 0. The summed E-state index contributed by atoms with van der Waals surface area (Å²) >= 11 is 0. The smallest absolute Gasteiger partial charge is 0.190 e. The van der Waals surface area contributed by atoms with E-state index in [-0.39, 0.29) is 24.0 Å². The summed E-state index contributed by atoms with van der Waals surface area (Å²) in [4.78, 5) is 4.19. The van der Waals surface area contributed by atoms with Crippen LogP contribution in [0, 0.1) is 5.92 Å². The standard InChI is InChI=1S/C13H25N5.HI/c1-11(2)8-16-13(14-3)15-7-5-6-12-9-17-18(4)10-12;/h9-11H,5-8H2,1-4H3,(H2,14,15,16);1H. The normalized spacial score (nSPS) is 11.3. The Kier molecular flexibility index (Phi) is 9.63. The Morgan fingerprint density at radius 2 is 2.16 bits per heavy atom. The highest BCUT2D eigenvalue weighted by atomic mass is 127. The maximum absolute atomic E-state index is 4.19. The van der Waals surface area contributed by atoms with E-state index >= 15 is 0 Å². The van der Waals surface area contributed by atoms with Crippen LogP contribution in [0.3, 0.4) is 0 Å². The SMILES string of the molecule is CN=C(NCCCc1cnn(C)c1)NCC(C)C.I. The zero-order chi connectivity index (χ0) is 13.4. The van der Waals surface area contributed by atoms with E-state index in [2.05, 4.69) is 40.8 Å². The second-order valence-electron chi connectivity index (χ2n) is 4.90. The van der Waals surface area contributed by atoms with Gasteiger partial charge in [-0.3, -0.25) is 9.67 Å². The van der Waals surface area contributed by atoms with Crippen molar-refractivity contribution >= 4 is 29.9 Å². The van der Waals surface area contributed by atoms with Crippen LogP contribution in [0.25, 0.3) is 0 Å². The molecule has 6 heteroatoms. The topological polar surface area (TPSA) is 54.2 Å². The number of guanidine groups is 1. The summed E-state index contributed by atoms with van der Waals surface area (Å²) in [6, 6.07) is 0. The predicted molar refractivity (Wildman–Crippen MR) is 91.1 cm³/mol. The minimum Gasteiger partial charge on any atom is -0.356 e. The minimum atomic E-state index is 0. The van der Waals surface area contributed by atoms with Crippen molar-refractivity contribution < 1.29 is 0 Å². The molecular weight excluding hydrogens is 353 g/mol. The number of rotatable bonds is 6. The summed E-state index contributed by atoms with van der Waals surface area (Å²) in [5, 5.41) is 10.8. The van der Waals surface area contributed by atoms with Crippen molar-refractivity contribution in [3.63, 3.8) is 0 Å². The van der Waals surface area contributed by atoms with E-state index in [1.54, 1.807) is 7.05 Å². The van der Waals surface area contributed by atoms with Gasteiger partial charge in [-0.1, -0.05) is 13.8 Å². The van der Waals surface area contributed by atoms with Crippen LogP contribution in [0.5, 0.6) is 0 Å². The summed E-state index contributed by atoms with van der Waals surface area (Å²) < 4.78 is 1.84. The maximum Gasteiger partial charge on any atom is 0.190 e. The van der Waals surface area contributed by atoms with Gasteiger partial charge in [0.25, 0.3) is 0 Å². The largest absolute Gasteiger partial charge is 0.356 e. The summed E-state index contributed by atoms with van der Waals surface area (Å²) in [5.74, 6) is 1.51. The molecule has 0 bridgehead atoms. The van der Waals surface area contributed by atoms with Gasteiger partial charge in [-0.2, -0.15) is 5.10 Å². The fraction of sp³-hybridized carbons (Fsp3) is 0.692. The zero-order valence-corrected chi connectivity index (χ0v) is 14.6. The van der Waals surface area contributed by atoms with Gasteiger partial charge >= 0.3 is 0 Å². The van der Waals surface area contributed by atoms with Gasteiger partial charge in [0, 0.05) is 33.4 Å². The first-order chi connectivity index (χ1) is 8.61. The Hall–Kier alpha value is -0.790. The predicted octanol–water partition coefficient (Wildman–Crippen LogP) is 1.79. The molecule has 19 heavy (non-hydrogen) atoms. The van der Waals surface area contributed by atoms with E-state index in [0.717, 1.165) is 31.9 Å². The van der Waals surface area contributed by atoms with Crippen molar-refractivity contribution in [3.8, 4) is 0 Å². The fourth-order valence-electron chi connectivity index (χ4n) is 1.62. The second-order valence-corrected chi connectivity index (χ2v) is 4.90. The van der Waals surface area contributed by atoms with Gasteiger partial charge in [0.05, 0.1) is 6.20 Å². The fourth-order valence-corrected chi connectivity index (χ4v) is 1.62. The number of aromatic nitrogens is 2. The molecule has 0 saturated carbocycles. The molecule has 1 rings (SSSR count). The number of nitrogens with one attached hydrogen (secondary N) is 2. The lowest BCUT2D eigenvalue weighted by atomic mass is 10.2. The van der Waals surface area contributed by atoms with Gasteiger partial charge in [0.2, 0.25) is 0 Å². The van der Waals surface area contributed by atoms with Crippen molar-refractivity contribution in [3.05, 3.63) is 18.0 Å². The Labute approximate surface area is 133 Å². The summed E-state index contributed by atoms with van der Waals surface area (Å²) in [6.45, 7) is 6.24.